The van der Waals surface area contributed by atoms with Crippen LogP contribution in [0.4, 0.5) is 10.8 Å². The van der Waals surface area contributed by atoms with Gasteiger partial charge in [-0.25, -0.2) is 4.98 Å². The lowest BCUT2D eigenvalue weighted by atomic mass is 10.1. The third-order valence-corrected chi connectivity index (χ3v) is 7.09. The molecular weight excluding hydrogens is 450 g/mol. The molecule has 4 rings (SSSR count). The molecule has 0 saturated heterocycles. The molecular formula is C21H19N5O2S3. The Balaban J connectivity index is 1.37. The zero-order chi connectivity index (χ0) is 21.6. The van der Waals surface area contributed by atoms with E-state index in [0.29, 0.717) is 23.1 Å². The predicted molar refractivity (Wildman–Crippen MR) is 126 cm³/mol. The van der Waals surface area contributed by atoms with Crippen molar-refractivity contribution >= 4 is 51.2 Å². The largest absolute Gasteiger partial charge is 0.492 e. The molecule has 7 nitrogen and oxygen atoms in total. The van der Waals surface area contributed by atoms with Crippen LogP contribution in [0.15, 0.2) is 58.3 Å². The van der Waals surface area contributed by atoms with Gasteiger partial charge in [0, 0.05) is 22.3 Å². The summed E-state index contributed by atoms with van der Waals surface area (Å²) >= 11 is 4.64. The van der Waals surface area contributed by atoms with E-state index in [9.17, 15) is 4.79 Å². The minimum Gasteiger partial charge on any atom is -0.492 e. The van der Waals surface area contributed by atoms with Crippen LogP contribution in [0.5, 0.6) is 5.75 Å². The predicted octanol–water partition coefficient (Wildman–Crippen LogP) is 5.20. The second-order valence-electron chi connectivity index (χ2n) is 6.30. The Morgan fingerprint density at radius 3 is 2.74 bits per heavy atom. The average Bonchev–Trinajstić information content (AvgIpc) is 3.43. The fraction of sp³-hybridized carbons (Fsp3) is 0.143. The van der Waals surface area contributed by atoms with Crippen LogP contribution in [-0.4, -0.2) is 27.7 Å². The lowest BCUT2D eigenvalue weighted by molar-refractivity contribution is 0.100. The second kappa shape index (κ2) is 9.90. The standard InChI is InChI=1S/C21H19N5O2S3/c1-2-28-17-6-4-3-5-16(17)24-20-25-26-21(31-20)30-12-15-11-29-19(23-15)14-9-7-13(8-10-14)18(22)27/h3-11H,2,12H2,1H3,(H2,22,27)(H,24,25). The minimum absolute atomic E-state index is 0.435. The Bertz CT molecular complexity index is 1170. The number of hydrogen-bond acceptors (Lipinski definition) is 9. The minimum atomic E-state index is -0.435. The number of ether oxygens (including phenoxy) is 1. The monoisotopic (exact) mass is 469 g/mol. The Kier molecular flexibility index (Phi) is 6.80. The highest BCUT2D eigenvalue weighted by Crippen LogP contribution is 2.33. The van der Waals surface area contributed by atoms with Gasteiger partial charge in [-0.05, 0) is 31.2 Å². The third-order valence-electron chi connectivity index (χ3n) is 4.15. The Morgan fingerprint density at radius 1 is 1.16 bits per heavy atom. The van der Waals surface area contributed by atoms with E-state index >= 15 is 0 Å². The maximum Gasteiger partial charge on any atom is 0.248 e. The van der Waals surface area contributed by atoms with E-state index in [1.165, 1.54) is 11.3 Å². The van der Waals surface area contributed by atoms with E-state index in [1.807, 2.05) is 48.7 Å². The molecule has 0 aliphatic rings. The van der Waals surface area contributed by atoms with Crippen LogP contribution in [0.25, 0.3) is 10.6 Å². The van der Waals surface area contributed by atoms with Crippen molar-refractivity contribution in [3.8, 4) is 16.3 Å². The number of amides is 1. The summed E-state index contributed by atoms with van der Waals surface area (Å²) in [5.74, 6) is 1.04. The van der Waals surface area contributed by atoms with Crippen LogP contribution in [-0.2, 0) is 5.75 Å². The summed E-state index contributed by atoms with van der Waals surface area (Å²) in [6, 6.07) is 14.9. The van der Waals surface area contributed by atoms with Gasteiger partial charge in [-0.1, -0.05) is 47.4 Å². The van der Waals surface area contributed by atoms with Crippen molar-refractivity contribution in [2.75, 3.05) is 11.9 Å². The number of nitrogens with two attached hydrogens (primary N) is 1. The first-order valence-corrected chi connectivity index (χ1v) is 12.1. The number of benzene rings is 2. The molecule has 0 saturated carbocycles. The lowest BCUT2D eigenvalue weighted by Gasteiger charge is -2.09. The van der Waals surface area contributed by atoms with Crippen molar-refractivity contribution in [2.24, 2.45) is 5.73 Å². The van der Waals surface area contributed by atoms with Crippen LogP contribution < -0.4 is 15.8 Å². The zero-order valence-corrected chi connectivity index (χ0v) is 19.0. The number of thiazole rings is 1. The summed E-state index contributed by atoms with van der Waals surface area (Å²) in [4.78, 5) is 15.9. The first kappa shape index (κ1) is 21.3. The van der Waals surface area contributed by atoms with Gasteiger partial charge in [0.05, 0.1) is 18.0 Å². The van der Waals surface area contributed by atoms with Crippen molar-refractivity contribution < 1.29 is 9.53 Å². The smallest absolute Gasteiger partial charge is 0.248 e. The fourth-order valence-corrected chi connectivity index (χ4v) is 5.29. The van der Waals surface area contributed by atoms with Gasteiger partial charge in [0.1, 0.15) is 10.8 Å². The molecule has 2 aromatic heterocycles. The number of hydrogen-bond donors (Lipinski definition) is 2. The first-order valence-electron chi connectivity index (χ1n) is 9.42. The van der Waals surface area contributed by atoms with Crippen LogP contribution in [0.2, 0.25) is 0 Å². The normalized spacial score (nSPS) is 10.7. The van der Waals surface area contributed by atoms with Crippen molar-refractivity contribution in [3.05, 3.63) is 65.2 Å². The summed E-state index contributed by atoms with van der Waals surface area (Å²) in [7, 11) is 0. The summed E-state index contributed by atoms with van der Waals surface area (Å²) in [6.45, 7) is 2.55. The SMILES string of the molecule is CCOc1ccccc1Nc1nnc(SCc2csc(-c3ccc(C(N)=O)cc3)n2)s1. The van der Waals surface area contributed by atoms with E-state index in [0.717, 1.165) is 32.0 Å². The highest BCUT2D eigenvalue weighted by Gasteiger charge is 2.11. The molecule has 0 atom stereocenters. The van der Waals surface area contributed by atoms with Gasteiger partial charge in [0.25, 0.3) is 0 Å². The second-order valence-corrected chi connectivity index (χ2v) is 9.36. The average molecular weight is 470 g/mol. The molecule has 31 heavy (non-hydrogen) atoms. The number of aromatic nitrogens is 3. The van der Waals surface area contributed by atoms with Crippen molar-refractivity contribution in [1.29, 1.82) is 0 Å². The van der Waals surface area contributed by atoms with Crippen LogP contribution in [0.3, 0.4) is 0 Å². The molecule has 0 bridgehead atoms. The van der Waals surface area contributed by atoms with E-state index < -0.39 is 5.91 Å². The van der Waals surface area contributed by atoms with E-state index in [1.54, 1.807) is 35.2 Å². The zero-order valence-electron chi connectivity index (χ0n) is 16.6. The number of nitrogens with one attached hydrogen (secondary N) is 1. The van der Waals surface area contributed by atoms with Gasteiger partial charge in [-0.15, -0.1) is 21.5 Å². The van der Waals surface area contributed by atoms with Gasteiger partial charge in [0.15, 0.2) is 4.34 Å². The molecule has 10 heteroatoms. The highest BCUT2D eigenvalue weighted by atomic mass is 32.2. The summed E-state index contributed by atoms with van der Waals surface area (Å²) in [5, 5.41) is 15.4. The molecule has 158 valence electrons. The van der Waals surface area contributed by atoms with Gasteiger partial charge in [0.2, 0.25) is 11.0 Å². The third kappa shape index (κ3) is 5.40. The number of para-hydroxylation sites is 2. The lowest BCUT2D eigenvalue weighted by Crippen LogP contribution is -2.10. The number of thioether (sulfide) groups is 1. The van der Waals surface area contributed by atoms with E-state index in [2.05, 4.69) is 20.5 Å². The number of nitrogens with zero attached hydrogens (tertiary/aromatic N) is 3. The van der Waals surface area contributed by atoms with Crippen LogP contribution in [0.1, 0.15) is 23.0 Å². The number of carbonyl (C=O) groups excluding carboxylic acids is 1. The Morgan fingerprint density at radius 2 is 1.97 bits per heavy atom. The van der Waals surface area contributed by atoms with Crippen LogP contribution >= 0.6 is 34.4 Å². The maximum atomic E-state index is 11.2. The van der Waals surface area contributed by atoms with Crippen molar-refractivity contribution in [2.45, 2.75) is 17.0 Å². The summed E-state index contributed by atoms with van der Waals surface area (Å²) < 4.78 is 6.50. The Hall–Kier alpha value is -2.95. The van der Waals surface area contributed by atoms with Crippen LogP contribution in [0, 0.1) is 0 Å². The van der Waals surface area contributed by atoms with E-state index in [-0.39, 0.29) is 0 Å². The van der Waals surface area contributed by atoms with Gasteiger partial charge >= 0.3 is 0 Å². The quantitative estimate of drug-likeness (QED) is 0.325. The number of anilines is 2. The summed E-state index contributed by atoms with van der Waals surface area (Å²) in [6.07, 6.45) is 0. The maximum absolute atomic E-state index is 11.2. The van der Waals surface area contributed by atoms with Gasteiger partial charge in [-0.2, -0.15) is 0 Å². The molecule has 0 aliphatic carbocycles. The first-order chi connectivity index (χ1) is 15.1. The molecule has 4 aromatic rings. The highest BCUT2D eigenvalue weighted by molar-refractivity contribution is 8.00. The molecule has 3 N–H and O–H groups in total. The van der Waals surface area contributed by atoms with Gasteiger partial charge < -0.3 is 15.8 Å². The molecule has 2 aromatic carbocycles. The molecule has 0 fully saturated rings. The van der Waals surface area contributed by atoms with E-state index in [4.69, 9.17) is 10.5 Å². The van der Waals surface area contributed by atoms with Gasteiger partial charge in [-0.3, -0.25) is 4.79 Å². The summed E-state index contributed by atoms with van der Waals surface area (Å²) in [5.41, 5.74) is 8.57. The molecule has 0 aliphatic heterocycles. The number of rotatable bonds is 9. The van der Waals surface area contributed by atoms with Crippen molar-refractivity contribution in [3.63, 3.8) is 0 Å². The molecule has 0 spiro atoms. The molecule has 0 radical (unpaired) electrons. The molecule has 0 unspecified atom stereocenters. The van der Waals surface area contributed by atoms with Crippen molar-refractivity contribution in [1.82, 2.24) is 15.2 Å². The number of carbonyl (C=O) groups is 1. The fourth-order valence-electron chi connectivity index (χ4n) is 2.70. The number of primary amides is 1. The molecule has 1 amide bonds. The Labute approximate surface area is 191 Å². The molecule has 2 heterocycles. The topological polar surface area (TPSA) is 103 Å².